The summed E-state index contributed by atoms with van der Waals surface area (Å²) < 4.78 is 6.09. The van der Waals surface area contributed by atoms with Crippen molar-refractivity contribution in [1.29, 1.82) is 0 Å². The first-order valence-electron chi connectivity index (χ1n) is 5.30. The standard InChI is InChI=1S/C12H17BrClNO2/c1-8(17-3)12(2,7-16)15-9-4-5-11(14)10(13)6-9/h4-6,8,15-16H,7H2,1-3H3. The summed E-state index contributed by atoms with van der Waals surface area (Å²) in [6, 6.07) is 5.53. The smallest absolute Gasteiger partial charge is 0.0834 e. The average molecular weight is 323 g/mol. The molecule has 1 aromatic carbocycles. The number of anilines is 1. The number of rotatable bonds is 5. The van der Waals surface area contributed by atoms with Gasteiger partial charge in [0.2, 0.25) is 0 Å². The first kappa shape index (κ1) is 14.8. The van der Waals surface area contributed by atoms with Crippen molar-refractivity contribution in [2.75, 3.05) is 19.0 Å². The molecular formula is C12H17BrClNO2. The van der Waals surface area contributed by atoms with Crippen LogP contribution < -0.4 is 5.32 Å². The highest BCUT2D eigenvalue weighted by atomic mass is 79.9. The number of ether oxygens (including phenoxy) is 1. The molecular weight excluding hydrogens is 305 g/mol. The molecule has 0 spiro atoms. The lowest BCUT2D eigenvalue weighted by Crippen LogP contribution is -2.49. The van der Waals surface area contributed by atoms with Gasteiger partial charge in [-0.2, -0.15) is 0 Å². The van der Waals surface area contributed by atoms with Gasteiger partial charge < -0.3 is 15.2 Å². The Bertz CT molecular complexity index is 389. The summed E-state index contributed by atoms with van der Waals surface area (Å²) >= 11 is 9.29. The van der Waals surface area contributed by atoms with Gasteiger partial charge in [0.1, 0.15) is 0 Å². The summed E-state index contributed by atoms with van der Waals surface area (Å²) in [7, 11) is 1.62. The van der Waals surface area contributed by atoms with E-state index in [1.54, 1.807) is 13.2 Å². The highest BCUT2D eigenvalue weighted by molar-refractivity contribution is 9.10. The van der Waals surface area contributed by atoms with Gasteiger partial charge in [-0.3, -0.25) is 0 Å². The molecule has 0 aliphatic heterocycles. The Labute approximate surface area is 115 Å². The van der Waals surface area contributed by atoms with Gasteiger partial charge in [-0.05, 0) is 48.0 Å². The second-order valence-corrected chi connectivity index (χ2v) is 5.47. The quantitative estimate of drug-likeness (QED) is 0.874. The van der Waals surface area contributed by atoms with Crippen molar-refractivity contribution in [2.45, 2.75) is 25.5 Å². The SMILES string of the molecule is COC(C)C(C)(CO)Nc1ccc(Cl)c(Br)c1. The third-order valence-electron chi connectivity index (χ3n) is 2.93. The van der Waals surface area contributed by atoms with Crippen molar-refractivity contribution < 1.29 is 9.84 Å². The van der Waals surface area contributed by atoms with Gasteiger partial charge in [0, 0.05) is 17.3 Å². The molecule has 1 aromatic rings. The number of aliphatic hydroxyl groups excluding tert-OH is 1. The van der Waals surface area contributed by atoms with Gasteiger partial charge in [-0.15, -0.1) is 0 Å². The number of nitrogens with one attached hydrogen (secondary N) is 1. The van der Waals surface area contributed by atoms with Crippen LogP contribution in [0.25, 0.3) is 0 Å². The maximum atomic E-state index is 9.49. The van der Waals surface area contributed by atoms with Gasteiger partial charge in [0.25, 0.3) is 0 Å². The van der Waals surface area contributed by atoms with Gasteiger partial charge >= 0.3 is 0 Å². The molecule has 5 heteroatoms. The fourth-order valence-electron chi connectivity index (χ4n) is 1.43. The summed E-state index contributed by atoms with van der Waals surface area (Å²) in [6.07, 6.45) is -0.123. The molecule has 17 heavy (non-hydrogen) atoms. The van der Waals surface area contributed by atoms with Crippen molar-refractivity contribution in [1.82, 2.24) is 0 Å². The minimum Gasteiger partial charge on any atom is -0.394 e. The van der Waals surface area contributed by atoms with E-state index in [1.165, 1.54) is 0 Å². The van der Waals surface area contributed by atoms with E-state index in [0.717, 1.165) is 10.2 Å². The summed E-state index contributed by atoms with van der Waals surface area (Å²) in [5.74, 6) is 0. The molecule has 0 aliphatic carbocycles. The molecule has 1 rings (SSSR count). The summed E-state index contributed by atoms with van der Waals surface area (Å²) in [6.45, 7) is 3.79. The number of halogens is 2. The predicted molar refractivity (Wildman–Crippen MR) is 74.7 cm³/mol. The van der Waals surface area contributed by atoms with Crippen LogP contribution in [0, 0.1) is 0 Å². The van der Waals surface area contributed by atoms with Crippen LogP contribution in [0.15, 0.2) is 22.7 Å². The topological polar surface area (TPSA) is 41.5 Å². The molecule has 0 saturated heterocycles. The van der Waals surface area contributed by atoms with Crippen molar-refractivity contribution in [3.8, 4) is 0 Å². The third kappa shape index (κ3) is 3.58. The van der Waals surface area contributed by atoms with Gasteiger partial charge in [0.15, 0.2) is 0 Å². The summed E-state index contributed by atoms with van der Waals surface area (Å²) in [5.41, 5.74) is 0.337. The molecule has 2 N–H and O–H groups in total. The Hall–Kier alpha value is -0.290. The number of hydrogen-bond acceptors (Lipinski definition) is 3. The van der Waals surface area contributed by atoms with E-state index in [1.807, 2.05) is 26.0 Å². The zero-order valence-corrected chi connectivity index (χ0v) is 12.5. The van der Waals surface area contributed by atoms with Crippen molar-refractivity contribution in [3.63, 3.8) is 0 Å². The monoisotopic (exact) mass is 321 g/mol. The van der Waals surface area contributed by atoms with Crippen LogP contribution in [-0.4, -0.2) is 30.5 Å². The van der Waals surface area contributed by atoms with Gasteiger partial charge in [-0.1, -0.05) is 11.6 Å². The Morgan fingerprint density at radius 1 is 1.59 bits per heavy atom. The van der Waals surface area contributed by atoms with Gasteiger partial charge in [-0.25, -0.2) is 0 Å². The molecule has 2 atom stereocenters. The molecule has 0 aromatic heterocycles. The van der Waals surface area contributed by atoms with Gasteiger partial charge in [0.05, 0.1) is 23.3 Å². The lowest BCUT2D eigenvalue weighted by atomic mass is 9.96. The first-order chi connectivity index (χ1) is 7.92. The highest BCUT2D eigenvalue weighted by Crippen LogP contribution is 2.28. The molecule has 3 nitrogen and oxygen atoms in total. The van der Waals surface area contributed by atoms with Crippen molar-refractivity contribution in [3.05, 3.63) is 27.7 Å². The van der Waals surface area contributed by atoms with Crippen LogP contribution in [0.1, 0.15) is 13.8 Å². The Balaban J connectivity index is 2.91. The number of aliphatic hydroxyl groups is 1. The van der Waals surface area contributed by atoms with Crippen LogP contribution in [0.2, 0.25) is 5.02 Å². The second kappa shape index (κ2) is 6.05. The second-order valence-electron chi connectivity index (χ2n) is 4.21. The van der Waals surface area contributed by atoms with E-state index in [9.17, 15) is 5.11 Å². The molecule has 0 heterocycles. The fraction of sp³-hybridized carbons (Fsp3) is 0.500. The zero-order chi connectivity index (χ0) is 13.1. The molecule has 0 bridgehead atoms. The largest absolute Gasteiger partial charge is 0.394 e. The number of hydrogen-bond donors (Lipinski definition) is 2. The lowest BCUT2D eigenvalue weighted by Gasteiger charge is -2.35. The fourth-order valence-corrected chi connectivity index (χ4v) is 1.93. The number of methoxy groups -OCH3 is 1. The van der Waals surface area contributed by atoms with E-state index in [4.69, 9.17) is 16.3 Å². The van der Waals surface area contributed by atoms with Crippen LogP contribution >= 0.6 is 27.5 Å². The van der Waals surface area contributed by atoms with E-state index in [2.05, 4.69) is 21.2 Å². The maximum Gasteiger partial charge on any atom is 0.0834 e. The maximum absolute atomic E-state index is 9.49. The summed E-state index contributed by atoms with van der Waals surface area (Å²) in [4.78, 5) is 0. The van der Waals surface area contributed by atoms with E-state index < -0.39 is 5.54 Å². The Morgan fingerprint density at radius 2 is 2.24 bits per heavy atom. The Kier molecular flexibility index (Phi) is 5.25. The van der Waals surface area contributed by atoms with Crippen LogP contribution in [0.3, 0.4) is 0 Å². The number of benzene rings is 1. The first-order valence-corrected chi connectivity index (χ1v) is 6.47. The van der Waals surface area contributed by atoms with Crippen LogP contribution in [0.4, 0.5) is 5.69 Å². The normalized spacial score (nSPS) is 16.4. The molecule has 0 aliphatic rings. The van der Waals surface area contributed by atoms with Crippen molar-refractivity contribution >= 4 is 33.2 Å². The van der Waals surface area contributed by atoms with E-state index in [0.29, 0.717) is 5.02 Å². The highest BCUT2D eigenvalue weighted by Gasteiger charge is 2.30. The average Bonchev–Trinajstić information content (AvgIpc) is 2.32. The molecule has 96 valence electrons. The summed E-state index contributed by atoms with van der Waals surface area (Å²) in [5, 5.41) is 13.4. The predicted octanol–water partition coefficient (Wildman–Crippen LogP) is 3.30. The van der Waals surface area contributed by atoms with Crippen molar-refractivity contribution in [2.24, 2.45) is 0 Å². The third-order valence-corrected chi connectivity index (χ3v) is 4.14. The van der Waals surface area contributed by atoms with Crippen LogP contribution in [0.5, 0.6) is 0 Å². The molecule has 0 radical (unpaired) electrons. The minimum absolute atomic E-state index is 0.0255. The van der Waals surface area contributed by atoms with E-state index >= 15 is 0 Å². The minimum atomic E-state index is -0.540. The lowest BCUT2D eigenvalue weighted by molar-refractivity contribution is 0.0380. The Morgan fingerprint density at radius 3 is 2.71 bits per heavy atom. The molecule has 0 fully saturated rings. The molecule has 0 amide bonds. The zero-order valence-electron chi connectivity index (χ0n) is 10.1. The van der Waals surface area contributed by atoms with E-state index in [-0.39, 0.29) is 12.7 Å². The van der Waals surface area contributed by atoms with Crippen LogP contribution in [-0.2, 0) is 4.74 Å². The molecule has 2 unspecified atom stereocenters. The molecule has 0 saturated carbocycles.